The molecular weight excluding hydrogens is 364 g/mol. The zero-order chi connectivity index (χ0) is 19.0. The van der Waals surface area contributed by atoms with Gasteiger partial charge in [-0.1, -0.05) is 17.7 Å². The topological polar surface area (TPSA) is 117 Å². The van der Waals surface area contributed by atoms with Gasteiger partial charge in [-0.05, 0) is 30.3 Å². The Bertz CT molecular complexity index is 991. The van der Waals surface area contributed by atoms with Crippen molar-refractivity contribution in [3.05, 3.63) is 52.3 Å². The highest BCUT2D eigenvalue weighted by molar-refractivity contribution is 6.33. The Morgan fingerprint density at radius 1 is 1.23 bits per heavy atom. The molecular formula is C17H11ClN2O6. The predicted molar refractivity (Wildman–Crippen MR) is 90.4 cm³/mol. The molecule has 0 aliphatic carbocycles. The van der Waals surface area contributed by atoms with Gasteiger partial charge in [-0.15, -0.1) is 0 Å². The number of amides is 4. The highest BCUT2D eigenvalue weighted by Crippen LogP contribution is 2.28. The zero-order valence-electron chi connectivity index (χ0n) is 13.3. The third-order valence-corrected chi connectivity index (χ3v) is 4.01. The molecule has 1 saturated heterocycles. The summed E-state index contributed by atoms with van der Waals surface area (Å²) in [5.41, 5.74) is 0.241. The van der Waals surface area contributed by atoms with Crippen molar-refractivity contribution >= 4 is 41.5 Å². The van der Waals surface area contributed by atoms with Gasteiger partial charge in [-0.2, -0.15) is 0 Å². The van der Waals surface area contributed by atoms with Crippen molar-refractivity contribution in [1.82, 2.24) is 10.2 Å². The van der Waals surface area contributed by atoms with E-state index in [1.807, 2.05) is 5.32 Å². The van der Waals surface area contributed by atoms with Gasteiger partial charge < -0.3 is 9.52 Å². The SMILES string of the molecule is CN1C(=O)NC(=O)/C(=C/c2ccc(-c3ccc(C(=O)O)c(Cl)c3)o2)C1=O. The summed E-state index contributed by atoms with van der Waals surface area (Å²) in [5, 5.41) is 11.1. The fourth-order valence-corrected chi connectivity index (χ4v) is 2.58. The molecule has 0 saturated carbocycles. The minimum Gasteiger partial charge on any atom is -0.478 e. The van der Waals surface area contributed by atoms with Gasteiger partial charge in [0.05, 0.1) is 10.6 Å². The number of imide groups is 2. The van der Waals surface area contributed by atoms with Crippen molar-refractivity contribution in [3.8, 4) is 11.3 Å². The highest BCUT2D eigenvalue weighted by atomic mass is 35.5. The predicted octanol–water partition coefficient (Wildman–Crippen LogP) is 2.39. The molecule has 0 bridgehead atoms. The molecule has 0 atom stereocenters. The summed E-state index contributed by atoms with van der Waals surface area (Å²) in [6.45, 7) is 0. The lowest BCUT2D eigenvalue weighted by Crippen LogP contribution is -2.52. The van der Waals surface area contributed by atoms with Crippen LogP contribution < -0.4 is 5.32 Å². The minimum absolute atomic E-state index is 0.0403. The molecule has 1 aromatic heterocycles. The first-order valence-corrected chi connectivity index (χ1v) is 7.64. The molecule has 2 N–H and O–H groups in total. The van der Waals surface area contributed by atoms with Crippen molar-refractivity contribution in [3.63, 3.8) is 0 Å². The standard InChI is InChI=1S/C17H11ClN2O6/c1-20-15(22)11(14(21)19-17(20)25)7-9-3-5-13(26-9)8-2-4-10(16(23)24)12(18)6-8/h2-7H,1H3,(H,23,24)(H,19,21,25)/b11-7-. The fraction of sp³-hybridized carbons (Fsp3) is 0.0588. The van der Waals surface area contributed by atoms with Crippen LogP contribution in [0.1, 0.15) is 16.1 Å². The monoisotopic (exact) mass is 374 g/mol. The molecule has 4 amide bonds. The molecule has 0 unspecified atom stereocenters. The first-order valence-electron chi connectivity index (χ1n) is 7.26. The lowest BCUT2D eigenvalue weighted by atomic mass is 10.1. The van der Waals surface area contributed by atoms with E-state index in [1.165, 1.54) is 37.4 Å². The van der Waals surface area contributed by atoms with Crippen LogP contribution in [0.25, 0.3) is 17.4 Å². The number of carboxylic acid groups (broad SMARTS) is 1. The molecule has 1 aliphatic heterocycles. The number of barbiturate groups is 1. The number of rotatable bonds is 3. The van der Waals surface area contributed by atoms with E-state index < -0.39 is 23.8 Å². The van der Waals surface area contributed by atoms with Gasteiger partial charge in [-0.3, -0.25) is 19.8 Å². The molecule has 2 heterocycles. The number of aromatic carboxylic acids is 1. The smallest absolute Gasteiger partial charge is 0.337 e. The third kappa shape index (κ3) is 3.09. The number of carbonyl (C=O) groups is 4. The normalized spacial score (nSPS) is 16.2. The average molecular weight is 375 g/mol. The van der Waals surface area contributed by atoms with E-state index in [4.69, 9.17) is 21.1 Å². The Labute approximate surface area is 151 Å². The van der Waals surface area contributed by atoms with E-state index in [9.17, 15) is 19.2 Å². The van der Waals surface area contributed by atoms with Crippen molar-refractivity contribution in [2.24, 2.45) is 0 Å². The third-order valence-electron chi connectivity index (χ3n) is 3.70. The molecule has 2 aromatic rings. The lowest BCUT2D eigenvalue weighted by molar-refractivity contribution is -0.129. The molecule has 26 heavy (non-hydrogen) atoms. The number of carbonyl (C=O) groups excluding carboxylic acids is 3. The first kappa shape index (κ1) is 17.4. The Kier molecular flexibility index (Phi) is 4.35. The summed E-state index contributed by atoms with van der Waals surface area (Å²) in [6, 6.07) is 6.61. The van der Waals surface area contributed by atoms with Crippen molar-refractivity contribution in [1.29, 1.82) is 0 Å². The maximum Gasteiger partial charge on any atom is 0.337 e. The summed E-state index contributed by atoms with van der Waals surface area (Å²) >= 11 is 5.94. The molecule has 1 fully saturated rings. The number of hydrogen-bond acceptors (Lipinski definition) is 5. The number of furan rings is 1. The van der Waals surface area contributed by atoms with Gasteiger partial charge in [0.25, 0.3) is 11.8 Å². The van der Waals surface area contributed by atoms with Crippen LogP contribution >= 0.6 is 11.6 Å². The van der Waals surface area contributed by atoms with E-state index in [1.54, 1.807) is 6.07 Å². The Morgan fingerprint density at radius 2 is 1.96 bits per heavy atom. The van der Waals surface area contributed by atoms with Crippen LogP contribution in [-0.2, 0) is 9.59 Å². The lowest BCUT2D eigenvalue weighted by Gasteiger charge is -2.21. The average Bonchev–Trinajstić information content (AvgIpc) is 3.05. The van der Waals surface area contributed by atoms with Crippen LogP contribution in [0.5, 0.6) is 0 Å². The van der Waals surface area contributed by atoms with Crippen LogP contribution in [0.2, 0.25) is 5.02 Å². The van der Waals surface area contributed by atoms with Crippen LogP contribution in [-0.4, -0.2) is 40.9 Å². The van der Waals surface area contributed by atoms with Gasteiger partial charge in [0, 0.05) is 12.6 Å². The number of benzene rings is 1. The van der Waals surface area contributed by atoms with Gasteiger partial charge in [-0.25, -0.2) is 9.59 Å². The summed E-state index contributed by atoms with van der Waals surface area (Å²) in [5.74, 6) is -2.13. The molecule has 132 valence electrons. The van der Waals surface area contributed by atoms with Crippen LogP contribution in [0.4, 0.5) is 4.79 Å². The van der Waals surface area contributed by atoms with E-state index in [0.717, 1.165) is 4.90 Å². The number of halogens is 1. The Morgan fingerprint density at radius 3 is 2.62 bits per heavy atom. The van der Waals surface area contributed by atoms with E-state index in [-0.39, 0.29) is 21.9 Å². The Hall–Kier alpha value is -3.39. The second kappa shape index (κ2) is 6.49. The summed E-state index contributed by atoms with van der Waals surface area (Å²) in [7, 11) is 1.25. The van der Waals surface area contributed by atoms with Gasteiger partial charge >= 0.3 is 12.0 Å². The second-order valence-corrected chi connectivity index (χ2v) is 5.79. The van der Waals surface area contributed by atoms with Crippen molar-refractivity contribution < 1.29 is 28.7 Å². The summed E-state index contributed by atoms with van der Waals surface area (Å²) in [4.78, 5) is 47.0. The van der Waals surface area contributed by atoms with Crippen molar-refractivity contribution in [2.75, 3.05) is 7.05 Å². The number of carboxylic acids is 1. The van der Waals surface area contributed by atoms with Gasteiger partial charge in [0.15, 0.2) is 0 Å². The number of urea groups is 1. The second-order valence-electron chi connectivity index (χ2n) is 5.38. The molecule has 1 aliphatic rings. The molecule has 9 heteroatoms. The van der Waals surface area contributed by atoms with E-state index >= 15 is 0 Å². The van der Waals surface area contributed by atoms with Crippen LogP contribution in [0.15, 0.2) is 40.3 Å². The number of likely N-dealkylation sites (N-methyl/N-ethyl adjacent to an activating group) is 1. The van der Waals surface area contributed by atoms with Crippen molar-refractivity contribution in [2.45, 2.75) is 0 Å². The maximum absolute atomic E-state index is 12.0. The van der Waals surface area contributed by atoms with Gasteiger partial charge in [0.1, 0.15) is 17.1 Å². The maximum atomic E-state index is 12.0. The highest BCUT2D eigenvalue weighted by Gasteiger charge is 2.33. The fourth-order valence-electron chi connectivity index (χ4n) is 2.32. The van der Waals surface area contributed by atoms with Crippen LogP contribution in [0, 0.1) is 0 Å². The minimum atomic E-state index is -1.15. The van der Waals surface area contributed by atoms with E-state index in [2.05, 4.69) is 0 Å². The number of nitrogens with one attached hydrogen (secondary N) is 1. The molecule has 0 radical (unpaired) electrons. The van der Waals surface area contributed by atoms with Gasteiger partial charge in [0.2, 0.25) is 0 Å². The summed E-state index contributed by atoms with van der Waals surface area (Å²) in [6.07, 6.45) is 1.22. The number of nitrogens with zero attached hydrogens (tertiary/aromatic N) is 1. The Balaban J connectivity index is 1.92. The quantitative estimate of drug-likeness (QED) is 0.629. The zero-order valence-corrected chi connectivity index (χ0v) is 14.0. The molecule has 0 spiro atoms. The number of hydrogen-bond donors (Lipinski definition) is 2. The molecule has 8 nitrogen and oxygen atoms in total. The molecule has 1 aromatic carbocycles. The van der Waals surface area contributed by atoms with E-state index in [0.29, 0.717) is 11.3 Å². The first-order chi connectivity index (χ1) is 12.3. The largest absolute Gasteiger partial charge is 0.478 e. The summed E-state index contributed by atoms with van der Waals surface area (Å²) < 4.78 is 5.57. The molecule has 3 rings (SSSR count). The van der Waals surface area contributed by atoms with Crippen LogP contribution in [0.3, 0.4) is 0 Å².